The Morgan fingerprint density at radius 2 is 1.88 bits per heavy atom. The van der Waals surface area contributed by atoms with Crippen molar-refractivity contribution in [1.29, 1.82) is 0 Å². The number of nitrogens with zero attached hydrogens (tertiary/aromatic N) is 2. The number of nitrogens with one attached hydrogen (secondary N) is 1. The summed E-state index contributed by atoms with van der Waals surface area (Å²) in [5.74, 6) is -0.169. The Morgan fingerprint density at radius 1 is 1.15 bits per heavy atom. The second kappa shape index (κ2) is 9.63. The lowest BCUT2D eigenvalue weighted by Crippen LogP contribution is -2.42. The fourth-order valence-electron chi connectivity index (χ4n) is 4.06. The van der Waals surface area contributed by atoms with Crippen molar-refractivity contribution in [2.45, 2.75) is 38.5 Å². The van der Waals surface area contributed by atoms with Crippen LogP contribution in [-0.4, -0.2) is 53.3 Å². The predicted molar refractivity (Wildman–Crippen MR) is 124 cm³/mol. The number of H-pyrrole nitrogens is 1. The first-order valence-corrected chi connectivity index (χ1v) is 12.3. The van der Waals surface area contributed by atoms with Crippen molar-refractivity contribution in [3.8, 4) is 17.0 Å². The molecule has 10 heteroatoms. The molecule has 0 aliphatic carbocycles. The number of aromatic amines is 1. The Labute approximate surface area is 196 Å². The molecule has 4 rings (SSSR count). The number of ether oxygens (including phenoxy) is 1. The van der Waals surface area contributed by atoms with E-state index in [-0.39, 0.29) is 24.6 Å². The number of hydrogen-bond acceptors (Lipinski definition) is 5. The quantitative estimate of drug-likeness (QED) is 0.516. The normalized spacial score (nSPS) is 14.6. The van der Waals surface area contributed by atoms with Gasteiger partial charge in [0.2, 0.25) is 10.0 Å². The molecule has 0 unspecified atom stereocenters. The fraction of sp³-hybridized carbons (Fsp3) is 0.333. The van der Waals surface area contributed by atoms with E-state index in [1.807, 2.05) is 30.3 Å². The summed E-state index contributed by atoms with van der Waals surface area (Å²) < 4.78 is 57.6. The molecule has 7 nitrogen and oxygen atoms in total. The average molecular weight is 490 g/mol. The number of hydrogen-bond donors (Lipinski definition) is 1. The number of aromatic nitrogens is 2. The highest BCUT2D eigenvalue weighted by atomic mass is 32.2. The first kappa shape index (κ1) is 24.0. The number of fused-ring (bicyclic) bond motifs is 1. The highest BCUT2D eigenvalue weighted by molar-refractivity contribution is 7.89. The van der Waals surface area contributed by atoms with E-state index in [4.69, 9.17) is 4.74 Å². The molecule has 3 aromatic rings. The van der Waals surface area contributed by atoms with E-state index in [0.29, 0.717) is 34.5 Å². The molecule has 1 aliphatic heterocycles. The van der Waals surface area contributed by atoms with Crippen molar-refractivity contribution in [2.24, 2.45) is 0 Å². The molecule has 1 aromatic carbocycles. The molecule has 1 N–H and O–H groups in total. The van der Waals surface area contributed by atoms with Gasteiger partial charge in [-0.15, -0.1) is 0 Å². The minimum Gasteiger partial charge on any atom is -0.485 e. The number of halogens is 2. The molecule has 0 amide bonds. The smallest absolute Gasteiger partial charge is 0.272 e. The van der Waals surface area contributed by atoms with Crippen molar-refractivity contribution in [3.05, 3.63) is 71.2 Å². The third-order valence-corrected chi connectivity index (χ3v) is 7.88. The fourth-order valence-corrected chi connectivity index (χ4v) is 5.26. The maximum absolute atomic E-state index is 13.3. The lowest BCUT2D eigenvalue weighted by molar-refractivity contribution is 0.0820. The highest BCUT2D eigenvalue weighted by Gasteiger charge is 2.37. The van der Waals surface area contributed by atoms with Gasteiger partial charge in [-0.1, -0.05) is 30.3 Å². The summed E-state index contributed by atoms with van der Waals surface area (Å²) in [5.41, 5.74) is 3.52. The molecule has 3 heterocycles. The molecule has 0 radical (unpaired) electrons. The van der Waals surface area contributed by atoms with E-state index < -0.39 is 28.3 Å². The van der Waals surface area contributed by atoms with Crippen LogP contribution in [0.1, 0.15) is 41.0 Å². The number of pyridine rings is 1. The predicted octanol–water partition coefficient (Wildman–Crippen LogP) is 4.05. The van der Waals surface area contributed by atoms with Gasteiger partial charge in [0.15, 0.2) is 5.78 Å². The summed E-state index contributed by atoms with van der Waals surface area (Å²) in [7, 11) is -3.65. The minimum absolute atomic E-state index is 0.0156. The maximum Gasteiger partial charge on any atom is 0.272 e. The Kier molecular flexibility index (Phi) is 6.81. The van der Waals surface area contributed by atoms with Crippen LogP contribution in [0.25, 0.3) is 11.3 Å². The zero-order valence-electron chi connectivity index (χ0n) is 18.8. The molecule has 0 saturated carbocycles. The van der Waals surface area contributed by atoms with Gasteiger partial charge in [0.25, 0.3) is 6.43 Å². The largest absolute Gasteiger partial charge is 0.485 e. The number of alkyl halides is 2. The van der Waals surface area contributed by atoms with Crippen molar-refractivity contribution in [1.82, 2.24) is 14.3 Å². The van der Waals surface area contributed by atoms with E-state index in [9.17, 15) is 22.0 Å². The second-order valence-corrected chi connectivity index (χ2v) is 10.8. The van der Waals surface area contributed by atoms with Gasteiger partial charge in [-0.3, -0.25) is 9.78 Å². The van der Waals surface area contributed by atoms with Gasteiger partial charge in [0.1, 0.15) is 12.4 Å². The molecule has 34 heavy (non-hydrogen) atoms. The summed E-state index contributed by atoms with van der Waals surface area (Å²) in [6.07, 6.45) is 0.585. The van der Waals surface area contributed by atoms with E-state index in [1.54, 1.807) is 19.9 Å². The molecule has 2 aromatic heterocycles. The van der Waals surface area contributed by atoms with Gasteiger partial charge in [0.05, 0.1) is 30.2 Å². The van der Waals surface area contributed by atoms with Crippen LogP contribution in [0.5, 0.6) is 5.75 Å². The van der Waals surface area contributed by atoms with Crippen LogP contribution >= 0.6 is 0 Å². The highest BCUT2D eigenvalue weighted by Crippen LogP contribution is 2.38. The number of benzene rings is 1. The third kappa shape index (κ3) is 4.74. The van der Waals surface area contributed by atoms with Gasteiger partial charge < -0.3 is 9.72 Å². The summed E-state index contributed by atoms with van der Waals surface area (Å²) in [5, 5.41) is -0.672. The zero-order chi connectivity index (χ0) is 24.5. The number of carbonyl (C=O) groups excluding carboxylic acids is 1. The molecule has 0 spiro atoms. The van der Waals surface area contributed by atoms with Gasteiger partial charge >= 0.3 is 0 Å². The Morgan fingerprint density at radius 3 is 2.56 bits per heavy atom. The van der Waals surface area contributed by atoms with Crippen LogP contribution < -0.4 is 4.74 Å². The molecular weight excluding hydrogens is 464 g/mol. The molecule has 0 atom stereocenters. The van der Waals surface area contributed by atoms with E-state index in [2.05, 4.69) is 9.97 Å². The van der Waals surface area contributed by atoms with Crippen LogP contribution in [0.15, 0.2) is 48.8 Å². The van der Waals surface area contributed by atoms with Crippen LogP contribution in [0.2, 0.25) is 0 Å². The van der Waals surface area contributed by atoms with Crippen molar-refractivity contribution < 1.29 is 26.7 Å². The maximum atomic E-state index is 13.3. The SMILES string of the molecule is CC(C)S(=O)(=O)N1CC(=O)c2c([nH]c(-c3ccncc3OCC(F)F)c2Cc2ccccc2)C1. The van der Waals surface area contributed by atoms with Crippen LogP contribution in [0.3, 0.4) is 0 Å². The summed E-state index contributed by atoms with van der Waals surface area (Å²) in [4.78, 5) is 20.5. The molecule has 180 valence electrons. The standard InChI is InChI=1S/C24H25F2N3O4S/c1-15(2)34(31,32)29-12-19-23(20(30)13-29)18(10-16-6-4-3-5-7-16)24(28-19)17-8-9-27-11-21(17)33-14-22(25)26/h3-9,11,15,22,28H,10,12-14H2,1-2H3. The summed E-state index contributed by atoms with van der Waals surface area (Å²) >= 11 is 0. The number of carbonyl (C=O) groups is 1. The lowest BCUT2D eigenvalue weighted by atomic mass is 9.94. The summed E-state index contributed by atoms with van der Waals surface area (Å²) in [6.45, 7) is 2.10. The lowest BCUT2D eigenvalue weighted by Gasteiger charge is -2.27. The van der Waals surface area contributed by atoms with Crippen LogP contribution in [-0.2, 0) is 23.0 Å². The van der Waals surface area contributed by atoms with E-state index in [0.717, 1.165) is 5.56 Å². The topological polar surface area (TPSA) is 92.4 Å². The summed E-state index contributed by atoms with van der Waals surface area (Å²) in [6, 6.07) is 11.1. The van der Waals surface area contributed by atoms with E-state index >= 15 is 0 Å². The number of sulfonamides is 1. The minimum atomic E-state index is -3.65. The van der Waals surface area contributed by atoms with Crippen LogP contribution in [0.4, 0.5) is 8.78 Å². The third-order valence-electron chi connectivity index (χ3n) is 5.71. The molecule has 0 saturated heterocycles. The zero-order valence-corrected chi connectivity index (χ0v) is 19.6. The second-order valence-electron chi connectivity index (χ2n) is 8.35. The number of rotatable bonds is 8. The van der Waals surface area contributed by atoms with Gasteiger partial charge in [0, 0.05) is 29.4 Å². The van der Waals surface area contributed by atoms with Crippen molar-refractivity contribution in [3.63, 3.8) is 0 Å². The van der Waals surface area contributed by atoms with Gasteiger partial charge in [-0.05, 0) is 31.0 Å². The first-order valence-electron chi connectivity index (χ1n) is 10.8. The average Bonchev–Trinajstić information content (AvgIpc) is 3.17. The molecule has 1 aliphatic rings. The molecular formula is C24H25F2N3O4S. The van der Waals surface area contributed by atoms with Gasteiger partial charge in [-0.25, -0.2) is 17.2 Å². The van der Waals surface area contributed by atoms with Crippen LogP contribution in [0, 0.1) is 0 Å². The molecule has 0 fully saturated rings. The number of ketones is 1. The first-order chi connectivity index (χ1) is 16.2. The Balaban J connectivity index is 1.85. The Bertz CT molecular complexity index is 1290. The Hall–Kier alpha value is -3.11. The molecule has 0 bridgehead atoms. The van der Waals surface area contributed by atoms with Crippen molar-refractivity contribution in [2.75, 3.05) is 13.2 Å². The monoisotopic (exact) mass is 489 g/mol. The van der Waals surface area contributed by atoms with Crippen molar-refractivity contribution >= 4 is 15.8 Å². The van der Waals surface area contributed by atoms with E-state index in [1.165, 1.54) is 16.7 Å². The van der Waals surface area contributed by atoms with Gasteiger partial charge in [-0.2, -0.15) is 4.31 Å². The number of Topliss-reactive ketones (excluding diaryl/α,β-unsaturated/α-hetero) is 1.